The summed E-state index contributed by atoms with van der Waals surface area (Å²) in [6.45, 7) is 0. The Morgan fingerprint density at radius 2 is 2.00 bits per heavy atom. The van der Waals surface area contributed by atoms with Crippen LogP contribution in [0.4, 0.5) is 5.69 Å². The number of carboxylic acids is 1. The van der Waals surface area contributed by atoms with E-state index in [-0.39, 0.29) is 5.56 Å². The first-order chi connectivity index (χ1) is 7.41. The average molecular weight is 225 g/mol. The van der Waals surface area contributed by atoms with Gasteiger partial charge in [-0.2, -0.15) is 0 Å². The van der Waals surface area contributed by atoms with Crippen molar-refractivity contribution in [2.24, 2.45) is 0 Å². The van der Waals surface area contributed by atoms with E-state index in [1.54, 1.807) is 0 Å². The largest absolute Gasteiger partial charge is 0.504 e. The van der Waals surface area contributed by atoms with Crippen molar-refractivity contribution in [2.45, 2.75) is 0 Å². The van der Waals surface area contributed by atoms with Gasteiger partial charge < -0.3 is 15.3 Å². The van der Waals surface area contributed by atoms with Crippen LogP contribution in [0.1, 0.15) is 5.56 Å². The van der Waals surface area contributed by atoms with Crippen molar-refractivity contribution in [1.82, 2.24) is 0 Å². The lowest BCUT2D eigenvalue weighted by Crippen LogP contribution is -1.90. The van der Waals surface area contributed by atoms with E-state index in [4.69, 9.17) is 15.3 Å². The van der Waals surface area contributed by atoms with Crippen LogP contribution in [0, 0.1) is 10.1 Å². The van der Waals surface area contributed by atoms with Gasteiger partial charge in [-0.25, -0.2) is 4.79 Å². The second kappa shape index (κ2) is 4.30. The highest BCUT2D eigenvalue weighted by Gasteiger charge is 2.17. The fourth-order valence-corrected chi connectivity index (χ4v) is 1.03. The van der Waals surface area contributed by atoms with Gasteiger partial charge in [0.1, 0.15) is 0 Å². The monoisotopic (exact) mass is 225 g/mol. The van der Waals surface area contributed by atoms with Crippen LogP contribution >= 0.6 is 0 Å². The number of aliphatic carboxylic acids is 1. The van der Waals surface area contributed by atoms with Gasteiger partial charge in [0.25, 0.3) is 0 Å². The molecule has 0 saturated heterocycles. The number of nitrogens with zero attached hydrogens (tertiary/aromatic N) is 1. The zero-order valence-corrected chi connectivity index (χ0v) is 7.82. The third-order valence-electron chi connectivity index (χ3n) is 1.71. The second-order valence-corrected chi connectivity index (χ2v) is 2.84. The first kappa shape index (κ1) is 11.5. The summed E-state index contributed by atoms with van der Waals surface area (Å²) < 4.78 is 0. The van der Waals surface area contributed by atoms with E-state index in [1.807, 2.05) is 0 Å². The molecule has 1 aromatic carbocycles. The first-order valence-electron chi connectivity index (χ1n) is 4.03. The van der Waals surface area contributed by atoms with Crippen molar-refractivity contribution < 1.29 is 25.0 Å². The van der Waals surface area contributed by atoms with Crippen molar-refractivity contribution in [3.05, 3.63) is 33.9 Å². The molecular formula is C9H7NO6. The number of benzene rings is 1. The van der Waals surface area contributed by atoms with Gasteiger partial charge in [0.15, 0.2) is 5.75 Å². The summed E-state index contributed by atoms with van der Waals surface area (Å²) >= 11 is 0. The van der Waals surface area contributed by atoms with E-state index < -0.39 is 28.1 Å². The van der Waals surface area contributed by atoms with Crippen molar-refractivity contribution in [3.8, 4) is 11.5 Å². The number of rotatable bonds is 3. The molecule has 0 aliphatic carbocycles. The van der Waals surface area contributed by atoms with Crippen LogP contribution in [-0.2, 0) is 4.79 Å². The third kappa shape index (κ3) is 2.47. The molecule has 1 aromatic rings. The lowest BCUT2D eigenvalue weighted by molar-refractivity contribution is -0.386. The van der Waals surface area contributed by atoms with Gasteiger partial charge in [0, 0.05) is 12.1 Å². The number of aromatic hydroxyl groups is 2. The fourth-order valence-electron chi connectivity index (χ4n) is 1.03. The molecule has 0 spiro atoms. The summed E-state index contributed by atoms with van der Waals surface area (Å²) in [4.78, 5) is 19.8. The Bertz CT molecular complexity index is 479. The normalized spacial score (nSPS) is 10.5. The fraction of sp³-hybridized carbons (Fsp3) is 0. The summed E-state index contributed by atoms with van der Waals surface area (Å²) in [5.41, 5.74) is -0.588. The number of hydrogen-bond donors (Lipinski definition) is 3. The summed E-state index contributed by atoms with van der Waals surface area (Å²) in [5.74, 6) is -2.76. The minimum atomic E-state index is -1.23. The highest BCUT2D eigenvalue weighted by atomic mass is 16.6. The van der Waals surface area contributed by atoms with E-state index in [0.29, 0.717) is 0 Å². The molecule has 0 fully saturated rings. The Hall–Kier alpha value is -2.57. The lowest BCUT2D eigenvalue weighted by Gasteiger charge is -2.00. The van der Waals surface area contributed by atoms with Gasteiger partial charge in [-0.15, -0.1) is 0 Å². The third-order valence-corrected chi connectivity index (χ3v) is 1.71. The van der Waals surface area contributed by atoms with E-state index in [9.17, 15) is 14.9 Å². The highest BCUT2D eigenvalue weighted by Crippen LogP contribution is 2.36. The minimum absolute atomic E-state index is 0.101. The number of carboxylic acid groups (broad SMARTS) is 1. The SMILES string of the molecule is O=C(O)/C=C/c1cc(O)c(O)c([N+](=O)[O-])c1. The molecule has 7 heteroatoms. The molecule has 0 aromatic heterocycles. The standard InChI is InChI=1S/C9H7NO6/c11-7-4-5(1-2-8(12)13)3-6(9(7)14)10(15)16/h1-4,11,14H,(H,12,13)/b2-1+. The molecule has 0 atom stereocenters. The Labute approximate surface area is 89.0 Å². The first-order valence-corrected chi connectivity index (χ1v) is 4.03. The Kier molecular flexibility index (Phi) is 3.09. The van der Waals surface area contributed by atoms with Crippen LogP contribution in [0.2, 0.25) is 0 Å². The topological polar surface area (TPSA) is 121 Å². The molecule has 0 aliphatic heterocycles. The molecule has 0 unspecified atom stereocenters. The molecule has 0 saturated carbocycles. The quantitative estimate of drug-likeness (QED) is 0.306. The van der Waals surface area contributed by atoms with Gasteiger partial charge in [-0.3, -0.25) is 10.1 Å². The van der Waals surface area contributed by atoms with E-state index in [1.165, 1.54) is 0 Å². The molecule has 84 valence electrons. The zero-order valence-electron chi connectivity index (χ0n) is 7.82. The highest BCUT2D eigenvalue weighted by molar-refractivity contribution is 5.85. The van der Waals surface area contributed by atoms with Gasteiger partial charge >= 0.3 is 11.7 Å². The van der Waals surface area contributed by atoms with E-state index in [0.717, 1.165) is 24.3 Å². The second-order valence-electron chi connectivity index (χ2n) is 2.84. The number of phenols is 2. The van der Waals surface area contributed by atoms with Crippen LogP contribution in [0.5, 0.6) is 11.5 Å². The van der Waals surface area contributed by atoms with Crippen molar-refractivity contribution in [1.29, 1.82) is 0 Å². The Balaban J connectivity index is 3.24. The van der Waals surface area contributed by atoms with Crippen molar-refractivity contribution >= 4 is 17.7 Å². The number of nitro groups is 1. The summed E-state index contributed by atoms with van der Waals surface area (Å²) in [6.07, 6.45) is 1.82. The predicted molar refractivity (Wildman–Crippen MR) is 53.1 cm³/mol. The molecule has 0 amide bonds. The maximum Gasteiger partial charge on any atom is 0.328 e. The van der Waals surface area contributed by atoms with Crippen LogP contribution in [0.3, 0.4) is 0 Å². The molecule has 3 N–H and O–H groups in total. The van der Waals surface area contributed by atoms with Gasteiger partial charge in [0.05, 0.1) is 4.92 Å². The van der Waals surface area contributed by atoms with E-state index in [2.05, 4.69) is 0 Å². The van der Waals surface area contributed by atoms with Crippen LogP contribution in [-0.4, -0.2) is 26.2 Å². The number of nitro benzene ring substituents is 1. The maximum atomic E-state index is 10.5. The van der Waals surface area contributed by atoms with Crippen molar-refractivity contribution in [2.75, 3.05) is 0 Å². The molecule has 7 nitrogen and oxygen atoms in total. The van der Waals surface area contributed by atoms with Crippen LogP contribution < -0.4 is 0 Å². The number of carbonyl (C=O) groups is 1. The molecule has 0 heterocycles. The molecule has 0 radical (unpaired) electrons. The van der Waals surface area contributed by atoms with E-state index >= 15 is 0 Å². The summed E-state index contributed by atoms with van der Waals surface area (Å²) in [7, 11) is 0. The molecule has 1 rings (SSSR count). The van der Waals surface area contributed by atoms with Crippen LogP contribution in [0.15, 0.2) is 18.2 Å². The van der Waals surface area contributed by atoms with Gasteiger partial charge in [0.2, 0.25) is 5.75 Å². The predicted octanol–water partition coefficient (Wildman–Crippen LogP) is 1.10. The zero-order chi connectivity index (χ0) is 12.3. The van der Waals surface area contributed by atoms with Gasteiger partial charge in [-0.05, 0) is 17.7 Å². The molecule has 0 bridgehead atoms. The number of hydrogen-bond acceptors (Lipinski definition) is 5. The smallest absolute Gasteiger partial charge is 0.328 e. The van der Waals surface area contributed by atoms with Crippen LogP contribution in [0.25, 0.3) is 6.08 Å². The lowest BCUT2D eigenvalue weighted by atomic mass is 10.1. The Morgan fingerprint density at radius 1 is 1.38 bits per heavy atom. The molecule has 16 heavy (non-hydrogen) atoms. The summed E-state index contributed by atoms with van der Waals surface area (Å²) in [5, 5.41) is 37.1. The Morgan fingerprint density at radius 3 is 2.50 bits per heavy atom. The summed E-state index contributed by atoms with van der Waals surface area (Å²) in [6, 6.07) is 1.97. The minimum Gasteiger partial charge on any atom is -0.504 e. The maximum absolute atomic E-state index is 10.5. The van der Waals surface area contributed by atoms with Gasteiger partial charge in [-0.1, -0.05) is 0 Å². The number of phenolic OH excluding ortho intramolecular Hbond substituents is 2. The van der Waals surface area contributed by atoms with Crippen molar-refractivity contribution in [3.63, 3.8) is 0 Å². The molecular weight excluding hydrogens is 218 g/mol. The average Bonchev–Trinajstić information content (AvgIpc) is 2.19. The molecule has 0 aliphatic rings.